The monoisotopic (exact) mass is 361 g/mol. The lowest BCUT2D eigenvalue weighted by Crippen LogP contribution is -2.35. The van der Waals surface area contributed by atoms with E-state index in [2.05, 4.69) is 51.0 Å². The molecule has 0 bridgehead atoms. The quantitative estimate of drug-likeness (QED) is 0.808. The third kappa shape index (κ3) is 4.11. The van der Waals surface area contributed by atoms with E-state index in [1.54, 1.807) is 0 Å². The molecule has 0 saturated carbocycles. The summed E-state index contributed by atoms with van der Waals surface area (Å²) in [5.74, 6) is -0.0159. The molecule has 0 heterocycles. The van der Waals surface area contributed by atoms with Gasteiger partial charge in [0.05, 0.1) is 0 Å². The minimum absolute atomic E-state index is 0.0159. The fourth-order valence-electron chi connectivity index (χ4n) is 1.32. The molecule has 94 valence electrons. The molecule has 1 amide bonds. The lowest BCUT2D eigenvalue weighted by Gasteiger charge is -2.22. The van der Waals surface area contributed by atoms with Gasteiger partial charge in [-0.15, -0.1) is 0 Å². The van der Waals surface area contributed by atoms with E-state index in [-0.39, 0.29) is 11.3 Å². The molecule has 0 atom stereocenters. The number of rotatable bonds is 4. The number of hydrogen-bond acceptors (Lipinski definition) is 1. The van der Waals surface area contributed by atoms with E-state index < -0.39 is 0 Å². The van der Waals surface area contributed by atoms with Crippen LogP contribution in [0.5, 0.6) is 0 Å². The van der Waals surface area contributed by atoms with Crippen molar-refractivity contribution < 1.29 is 4.79 Å². The maximum absolute atomic E-state index is 12.0. The Kier molecular flexibility index (Phi) is 5.20. The Labute approximate surface area is 119 Å². The van der Waals surface area contributed by atoms with Crippen molar-refractivity contribution in [3.63, 3.8) is 0 Å². The van der Waals surface area contributed by atoms with Crippen LogP contribution in [0.2, 0.25) is 0 Å². The van der Waals surface area contributed by atoms with Gasteiger partial charge in [-0.05, 0) is 30.0 Å². The number of amides is 1. The molecule has 0 aliphatic rings. The van der Waals surface area contributed by atoms with Crippen LogP contribution in [0.1, 0.15) is 29.8 Å². The smallest absolute Gasteiger partial charge is 0.251 e. The molecular formula is C13H17Br2NO. The Hall–Kier alpha value is -0.350. The molecule has 2 nitrogen and oxygen atoms in total. The Morgan fingerprint density at radius 1 is 1.41 bits per heavy atom. The maximum atomic E-state index is 12.0. The molecular weight excluding hydrogens is 346 g/mol. The summed E-state index contributed by atoms with van der Waals surface area (Å²) in [6.45, 7) is 6.81. The molecule has 1 aromatic carbocycles. The summed E-state index contributed by atoms with van der Waals surface area (Å²) in [4.78, 5) is 12.0. The standard InChI is InChI=1S/C13H17Br2NO/c1-9-10(5-4-6-11(9)15)12(17)16-8-13(2,3)7-14/h4-6H,7-8H2,1-3H3,(H,16,17). The van der Waals surface area contributed by atoms with Crippen LogP contribution in [-0.2, 0) is 0 Å². The Morgan fingerprint density at radius 2 is 2.06 bits per heavy atom. The molecule has 0 aliphatic carbocycles. The van der Waals surface area contributed by atoms with E-state index >= 15 is 0 Å². The topological polar surface area (TPSA) is 29.1 Å². The second kappa shape index (κ2) is 6.01. The van der Waals surface area contributed by atoms with Gasteiger partial charge in [0.1, 0.15) is 0 Å². The van der Waals surface area contributed by atoms with Crippen molar-refractivity contribution in [2.45, 2.75) is 20.8 Å². The normalized spacial score (nSPS) is 11.4. The van der Waals surface area contributed by atoms with Crippen LogP contribution < -0.4 is 5.32 Å². The van der Waals surface area contributed by atoms with Crippen molar-refractivity contribution in [3.05, 3.63) is 33.8 Å². The second-order valence-corrected chi connectivity index (χ2v) is 6.31. The fraction of sp³-hybridized carbons (Fsp3) is 0.462. The first kappa shape index (κ1) is 14.7. The van der Waals surface area contributed by atoms with Crippen LogP contribution in [0.25, 0.3) is 0 Å². The maximum Gasteiger partial charge on any atom is 0.251 e. The average molecular weight is 363 g/mol. The van der Waals surface area contributed by atoms with Crippen LogP contribution in [0.4, 0.5) is 0 Å². The highest BCUT2D eigenvalue weighted by Crippen LogP contribution is 2.20. The first-order chi connectivity index (χ1) is 7.87. The summed E-state index contributed by atoms with van der Waals surface area (Å²) in [7, 11) is 0. The van der Waals surface area contributed by atoms with Gasteiger partial charge in [-0.25, -0.2) is 0 Å². The zero-order valence-corrected chi connectivity index (χ0v) is 13.5. The number of halogens is 2. The van der Waals surface area contributed by atoms with Gasteiger partial charge in [0.2, 0.25) is 0 Å². The molecule has 0 aliphatic heterocycles. The molecule has 4 heteroatoms. The molecule has 0 saturated heterocycles. The zero-order chi connectivity index (χ0) is 13.1. The minimum Gasteiger partial charge on any atom is -0.351 e. The first-order valence-electron chi connectivity index (χ1n) is 5.47. The zero-order valence-electron chi connectivity index (χ0n) is 10.3. The van der Waals surface area contributed by atoms with Crippen LogP contribution in [0.3, 0.4) is 0 Å². The van der Waals surface area contributed by atoms with Crippen LogP contribution in [-0.4, -0.2) is 17.8 Å². The van der Waals surface area contributed by atoms with E-state index in [1.165, 1.54) is 0 Å². The predicted molar refractivity (Wildman–Crippen MR) is 78.8 cm³/mol. The number of hydrogen-bond donors (Lipinski definition) is 1. The Morgan fingerprint density at radius 3 is 2.65 bits per heavy atom. The van der Waals surface area contributed by atoms with Crippen molar-refractivity contribution in [1.29, 1.82) is 0 Å². The third-order valence-corrected chi connectivity index (χ3v) is 4.98. The van der Waals surface area contributed by atoms with Gasteiger partial charge < -0.3 is 5.32 Å². The highest BCUT2D eigenvalue weighted by Gasteiger charge is 2.18. The molecule has 0 spiro atoms. The van der Waals surface area contributed by atoms with Gasteiger partial charge in [0.25, 0.3) is 5.91 Å². The van der Waals surface area contributed by atoms with E-state index in [4.69, 9.17) is 0 Å². The average Bonchev–Trinajstić information content (AvgIpc) is 2.30. The van der Waals surface area contributed by atoms with Crippen molar-refractivity contribution in [2.24, 2.45) is 5.41 Å². The SMILES string of the molecule is Cc1c(Br)cccc1C(=O)NCC(C)(C)CBr. The Bertz CT molecular complexity index is 416. The molecule has 0 unspecified atom stereocenters. The lowest BCUT2D eigenvalue weighted by molar-refractivity contribution is 0.0939. The number of carbonyl (C=O) groups excluding carboxylic acids is 1. The highest BCUT2D eigenvalue weighted by molar-refractivity contribution is 9.10. The Balaban J connectivity index is 2.74. The second-order valence-electron chi connectivity index (χ2n) is 4.89. The van der Waals surface area contributed by atoms with Crippen LogP contribution in [0.15, 0.2) is 22.7 Å². The van der Waals surface area contributed by atoms with Gasteiger partial charge in [0, 0.05) is 21.9 Å². The number of nitrogens with one attached hydrogen (secondary N) is 1. The van der Waals surface area contributed by atoms with Gasteiger partial charge in [-0.2, -0.15) is 0 Å². The molecule has 0 fully saturated rings. The molecule has 1 aromatic rings. The van der Waals surface area contributed by atoms with E-state index in [0.29, 0.717) is 6.54 Å². The molecule has 0 radical (unpaired) electrons. The summed E-state index contributed by atoms with van der Waals surface area (Å²) < 4.78 is 0.963. The van der Waals surface area contributed by atoms with E-state index in [1.807, 2.05) is 25.1 Å². The summed E-state index contributed by atoms with van der Waals surface area (Å²) in [6.07, 6.45) is 0. The molecule has 17 heavy (non-hydrogen) atoms. The summed E-state index contributed by atoms with van der Waals surface area (Å²) in [6, 6.07) is 5.66. The van der Waals surface area contributed by atoms with Crippen molar-refractivity contribution in [1.82, 2.24) is 5.32 Å². The molecule has 1 rings (SSSR count). The van der Waals surface area contributed by atoms with Crippen molar-refractivity contribution in [3.8, 4) is 0 Å². The molecule has 1 N–H and O–H groups in total. The van der Waals surface area contributed by atoms with E-state index in [9.17, 15) is 4.79 Å². The largest absolute Gasteiger partial charge is 0.351 e. The summed E-state index contributed by atoms with van der Waals surface area (Å²) in [5.41, 5.74) is 1.77. The summed E-state index contributed by atoms with van der Waals surface area (Å²) >= 11 is 6.88. The van der Waals surface area contributed by atoms with Crippen LogP contribution in [0, 0.1) is 12.3 Å². The fourth-order valence-corrected chi connectivity index (χ4v) is 1.88. The highest BCUT2D eigenvalue weighted by atomic mass is 79.9. The van der Waals surface area contributed by atoms with Crippen LogP contribution >= 0.6 is 31.9 Å². The first-order valence-corrected chi connectivity index (χ1v) is 7.38. The van der Waals surface area contributed by atoms with E-state index in [0.717, 1.165) is 20.9 Å². The van der Waals surface area contributed by atoms with Crippen molar-refractivity contribution >= 4 is 37.8 Å². The van der Waals surface area contributed by atoms with Gasteiger partial charge in [0.15, 0.2) is 0 Å². The predicted octanol–water partition coefficient (Wildman–Crippen LogP) is 3.91. The van der Waals surface area contributed by atoms with Gasteiger partial charge in [-0.3, -0.25) is 4.79 Å². The van der Waals surface area contributed by atoms with Gasteiger partial charge in [-0.1, -0.05) is 51.8 Å². The number of alkyl halides is 1. The number of benzene rings is 1. The number of carbonyl (C=O) groups is 1. The minimum atomic E-state index is -0.0159. The molecule has 0 aromatic heterocycles. The third-order valence-electron chi connectivity index (χ3n) is 2.60. The van der Waals surface area contributed by atoms with Gasteiger partial charge >= 0.3 is 0 Å². The summed E-state index contributed by atoms with van der Waals surface area (Å²) in [5, 5.41) is 3.83. The lowest BCUT2D eigenvalue weighted by atomic mass is 9.96. The van der Waals surface area contributed by atoms with Crippen molar-refractivity contribution in [2.75, 3.05) is 11.9 Å².